The fraction of sp³-hybridized carbons (Fsp3) is 0.516. The molecule has 40 heavy (non-hydrogen) atoms. The number of hydrogen-bond acceptors (Lipinski definition) is 7. The standard InChI is InChI=1S/C31H35ClN6O2/c1-33-17-22-18-37(15-12-34-22)29-24-19-39-27(23-8-2-6-21-7-3-9-25(32)28(21)23)16-26(24)35-30(36-29)40-20-31-10-4-13-38(31)14-5-11-31/h2-3,6-9,22,27,34H,4-5,10-20H2/t22-,27?/m0/s1. The van der Waals surface area contributed by atoms with Crippen LogP contribution in [0.4, 0.5) is 5.82 Å². The number of benzene rings is 2. The lowest BCUT2D eigenvalue weighted by atomic mass is 9.94. The molecule has 0 amide bonds. The zero-order valence-electron chi connectivity index (χ0n) is 22.7. The molecule has 208 valence electrons. The van der Waals surface area contributed by atoms with E-state index in [1.165, 1.54) is 25.7 Å². The van der Waals surface area contributed by atoms with Crippen LogP contribution in [0, 0.1) is 6.57 Å². The first-order valence-corrected chi connectivity index (χ1v) is 14.9. The molecule has 7 rings (SSSR count). The number of piperazine rings is 1. The zero-order valence-corrected chi connectivity index (χ0v) is 23.5. The molecule has 1 N–H and O–H groups in total. The highest BCUT2D eigenvalue weighted by atomic mass is 35.5. The van der Waals surface area contributed by atoms with Crippen LogP contribution in [0.3, 0.4) is 0 Å². The Morgan fingerprint density at radius 3 is 2.77 bits per heavy atom. The smallest absolute Gasteiger partial charge is 0.318 e. The van der Waals surface area contributed by atoms with Crippen molar-refractivity contribution in [2.45, 2.75) is 56.4 Å². The number of nitrogens with one attached hydrogen (secondary N) is 1. The van der Waals surface area contributed by atoms with Gasteiger partial charge in [-0.1, -0.05) is 41.9 Å². The quantitative estimate of drug-likeness (QED) is 0.436. The normalized spacial score (nSPS) is 24.1. The summed E-state index contributed by atoms with van der Waals surface area (Å²) in [7, 11) is 0. The van der Waals surface area contributed by atoms with Gasteiger partial charge < -0.3 is 24.5 Å². The number of ether oxygens (including phenoxy) is 2. The van der Waals surface area contributed by atoms with E-state index in [0.29, 0.717) is 32.2 Å². The third-order valence-corrected chi connectivity index (χ3v) is 9.55. The molecule has 0 radical (unpaired) electrons. The second-order valence-electron chi connectivity index (χ2n) is 11.6. The maximum atomic E-state index is 7.35. The Balaban J connectivity index is 1.23. The summed E-state index contributed by atoms with van der Waals surface area (Å²) in [6, 6.07) is 12.9. The Kier molecular flexibility index (Phi) is 7.01. The molecule has 4 aliphatic rings. The maximum Gasteiger partial charge on any atom is 0.318 e. The predicted octanol–water partition coefficient (Wildman–Crippen LogP) is 4.80. The van der Waals surface area contributed by atoms with Gasteiger partial charge in [0, 0.05) is 42.0 Å². The van der Waals surface area contributed by atoms with E-state index in [2.05, 4.69) is 44.2 Å². The van der Waals surface area contributed by atoms with Crippen LogP contribution in [-0.4, -0.2) is 72.3 Å². The Morgan fingerprint density at radius 2 is 1.95 bits per heavy atom. The minimum atomic E-state index is -0.164. The molecular formula is C31H35ClN6O2. The van der Waals surface area contributed by atoms with Gasteiger partial charge in [-0.3, -0.25) is 4.90 Å². The topological polar surface area (TPSA) is 67.1 Å². The van der Waals surface area contributed by atoms with Crippen molar-refractivity contribution < 1.29 is 9.47 Å². The summed E-state index contributed by atoms with van der Waals surface area (Å²) in [4.78, 5) is 18.5. The van der Waals surface area contributed by atoms with Gasteiger partial charge in [0.25, 0.3) is 0 Å². The molecule has 3 saturated heterocycles. The van der Waals surface area contributed by atoms with E-state index < -0.39 is 0 Å². The molecule has 8 nitrogen and oxygen atoms in total. The van der Waals surface area contributed by atoms with E-state index in [1.54, 1.807) is 0 Å². The Hall–Kier alpha value is -2.96. The monoisotopic (exact) mass is 558 g/mol. The van der Waals surface area contributed by atoms with Crippen molar-refractivity contribution in [2.24, 2.45) is 0 Å². The van der Waals surface area contributed by atoms with Crippen molar-refractivity contribution in [3.63, 3.8) is 0 Å². The van der Waals surface area contributed by atoms with E-state index in [0.717, 1.165) is 71.2 Å². The average Bonchev–Trinajstić information content (AvgIpc) is 3.56. The molecule has 2 aromatic carbocycles. The molecule has 0 bridgehead atoms. The molecular weight excluding hydrogens is 524 g/mol. The van der Waals surface area contributed by atoms with Crippen LogP contribution in [0.5, 0.6) is 6.01 Å². The molecule has 3 aromatic rings. The molecule has 1 aromatic heterocycles. The lowest BCUT2D eigenvalue weighted by molar-refractivity contribution is 0.0263. The van der Waals surface area contributed by atoms with E-state index in [1.807, 2.05) is 12.1 Å². The number of nitrogens with zero attached hydrogens (tertiary/aromatic N) is 5. The summed E-state index contributed by atoms with van der Waals surface area (Å²) in [5.74, 6) is 0.887. The molecule has 5 heterocycles. The number of anilines is 1. The summed E-state index contributed by atoms with van der Waals surface area (Å²) in [5.41, 5.74) is 3.22. The average molecular weight is 559 g/mol. The van der Waals surface area contributed by atoms with Crippen LogP contribution in [0.2, 0.25) is 5.02 Å². The van der Waals surface area contributed by atoms with Crippen molar-refractivity contribution in [1.29, 1.82) is 0 Å². The minimum Gasteiger partial charge on any atom is -0.461 e. The van der Waals surface area contributed by atoms with Gasteiger partial charge in [0.1, 0.15) is 12.4 Å². The first-order chi connectivity index (χ1) is 19.6. The zero-order chi connectivity index (χ0) is 27.1. The SMILES string of the molecule is [C-]#[N+]C[C@H]1CN(c2nc(OCC34CCCN3CCC4)nc3c2COC(c2cccc4cccc(Cl)c24)C3)CCN1. The molecule has 4 aliphatic heterocycles. The van der Waals surface area contributed by atoms with Gasteiger partial charge in [-0.2, -0.15) is 9.97 Å². The van der Waals surface area contributed by atoms with Gasteiger partial charge in [-0.05, 0) is 55.8 Å². The van der Waals surface area contributed by atoms with E-state index in [-0.39, 0.29) is 17.7 Å². The largest absolute Gasteiger partial charge is 0.461 e. The second kappa shape index (κ2) is 10.8. The van der Waals surface area contributed by atoms with Crippen LogP contribution < -0.4 is 15.0 Å². The molecule has 0 saturated carbocycles. The second-order valence-corrected chi connectivity index (χ2v) is 12.0. The van der Waals surface area contributed by atoms with Gasteiger partial charge >= 0.3 is 6.01 Å². The molecule has 3 fully saturated rings. The lowest BCUT2D eigenvalue weighted by Gasteiger charge is -2.36. The predicted molar refractivity (Wildman–Crippen MR) is 156 cm³/mol. The van der Waals surface area contributed by atoms with Crippen LogP contribution in [0.15, 0.2) is 36.4 Å². The summed E-state index contributed by atoms with van der Waals surface area (Å²) < 4.78 is 13.0. The van der Waals surface area contributed by atoms with E-state index in [9.17, 15) is 0 Å². The highest BCUT2D eigenvalue weighted by Gasteiger charge is 2.45. The van der Waals surface area contributed by atoms with Gasteiger partial charge in [-0.25, -0.2) is 6.57 Å². The van der Waals surface area contributed by atoms with Gasteiger partial charge in [-0.15, -0.1) is 0 Å². The number of rotatable bonds is 6. The Labute approximate surface area is 240 Å². The molecule has 2 atom stereocenters. The molecule has 9 heteroatoms. The summed E-state index contributed by atoms with van der Waals surface area (Å²) in [6.45, 7) is 13.5. The fourth-order valence-corrected chi connectivity index (χ4v) is 7.55. The van der Waals surface area contributed by atoms with Crippen molar-refractivity contribution >= 4 is 28.2 Å². The van der Waals surface area contributed by atoms with Crippen molar-refractivity contribution in [3.8, 4) is 6.01 Å². The van der Waals surface area contributed by atoms with Crippen molar-refractivity contribution in [2.75, 3.05) is 50.8 Å². The molecule has 0 aliphatic carbocycles. The van der Waals surface area contributed by atoms with Crippen LogP contribution >= 0.6 is 11.6 Å². The van der Waals surface area contributed by atoms with Crippen LogP contribution in [-0.2, 0) is 17.8 Å². The molecule has 1 unspecified atom stereocenters. The fourth-order valence-electron chi connectivity index (χ4n) is 7.26. The maximum absolute atomic E-state index is 7.35. The van der Waals surface area contributed by atoms with E-state index in [4.69, 9.17) is 37.6 Å². The number of aromatic nitrogens is 2. The Morgan fingerprint density at radius 1 is 1.12 bits per heavy atom. The van der Waals surface area contributed by atoms with Crippen LogP contribution in [0.1, 0.15) is 48.6 Å². The third-order valence-electron chi connectivity index (χ3n) is 9.24. The van der Waals surface area contributed by atoms with Gasteiger partial charge in [0.05, 0.1) is 30.0 Å². The van der Waals surface area contributed by atoms with Crippen LogP contribution in [0.25, 0.3) is 15.6 Å². The first-order valence-electron chi connectivity index (χ1n) is 14.5. The summed E-state index contributed by atoms with van der Waals surface area (Å²) >= 11 is 6.68. The number of hydrogen-bond donors (Lipinski definition) is 1. The van der Waals surface area contributed by atoms with Gasteiger partial charge in [0.15, 0.2) is 0 Å². The Bertz CT molecular complexity index is 1440. The van der Waals surface area contributed by atoms with E-state index >= 15 is 0 Å². The number of halogens is 1. The summed E-state index contributed by atoms with van der Waals surface area (Å²) in [5, 5.41) is 6.35. The van der Waals surface area contributed by atoms with Crippen molar-refractivity contribution in [1.82, 2.24) is 20.2 Å². The first kappa shape index (κ1) is 26.0. The summed E-state index contributed by atoms with van der Waals surface area (Å²) in [6.07, 6.45) is 5.28. The van der Waals surface area contributed by atoms with Gasteiger partial charge in [0.2, 0.25) is 6.54 Å². The molecule has 0 spiro atoms. The van der Waals surface area contributed by atoms with Crippen molar-refractivity contribution in [3.05, 3.63) is 69.7 Å². The highest BCUT2D eigenvalue weighted by Crippen LogP contribution is 2.41. The third kappa shape index (κ3) is 4.69. The number of fused-ring (bicyclic) bond motifs is 3. The highest BCUT2D eigenvalue weighted by molar-refractivity contribution is 6.35. The minimum absolute atomic E-state index is 0.112. The lowest BCUT2D eigenvalue weighted by Crippen LogP contribution is -2.52.